The summed E-state index contributed by atoms with van der Waals surface area (Å²) in [7, 11) is 0. The first-order valence-corrected chi connectivity index (χ1v) is 6.15. The van der Waals surface area contributed by atoms with Gasteiger partial charge in [-0.15, -0.1) is 0 Å². The van der Waals surface area contributed by atoms with Crippen LogP contribution in [0.2, 0.25) is 0 Å². The molecule has 2 rings (SSSR count). The first-order chi connectivity index (χ1) is 7.86. The zero-order valence-corrected chi connectivity index (χ0v) is 10.1. The van der Waals surface area contributed by atoms with E-state index in [2.05, 4.69) is 30.3 Å². The van der Waals surface area contributed by atoms with Crippen LogP contribution in [0.1, 0.15) is 31.7 Å². The van der Waals surface area contributed by atoms with Crippen molar-refractivity contribution in [3.05, 3.63) is 35.9 Å². The molecule has 0 radical (unpaired) electrons. The molecule has 0 unspecified atom stereocenters. The second-order valence-electron chi connectivity index (χ2n) is 4.20. The highest BCUT2D eigenvalue weighted by Crippen LogP contribution is 2.50. The molecule has 1 aromatic carbocycles. The van der Waals surface area contributed by atoms with Crippen molar-refractivity contribution in [2.75, 3.05) is 13.2 Å². The summed E-state index contributed by atoms with van der Waals surface area (Å²) < 4.78 is 11.3. The summed E-state index contributed by atoms with van der Waals surface area (Å²) in [5, 5.41) is 0. The SMILES string of the molecule is CCOC(OCC)[C@@H]1C[C@H]1c1ccccc1. The molecule has 1 fully saturated rings. The molecule has 0 spiro atoms. The summed E-state index contributed by atoms with van der Waals surface area (Å²) in [6.45, 7) is 5.49. The molecule has 0 amide bonds. The van der Waals surface area contributed by atoms with Crippen molar-refractivity contribution < 1.29 is 9.47 Å². The summed E-state index contributed by atoms with van der Waals surface area (Å²) in [6.07, 6.45) is 1.18. The Morgan fingerprint density at radius 1 is 1.12 bits per heavy atom. The largest absolute Gasteiger partial charge is 0.353 e. The van der Waals surface area contributed by atoms with Crippen molar-refractivity contribution in [1.29, 1.82) is 0 Å². The lowest BCUT2D eigenvalue weighted by atomic mass is 10.1. The molecule has 0 aliphatic heterocycles. The van der Waals surface area contributed by atoms with Gasteiger partial charge in [-0.1, -0.05) is 30.3 Å². The Morgan fingerprint density at radius 2 is 1.75 bits per heavy atom. The molecule has 0 heterocycles. The molecule has 2 nitrogen and oxygen atoms in total. The summed E-state index contributed by atoms with van der Waals surface area (Å²) in [5.74, 6) is 1.17. The van der Waals surface area contributed by atoms with Gasteiger partial charge in [-0.25, -0.2) is 0 Å². The van der Waals surface area contributed by atoms with Crippen LogP contribution in [0.15, 0.2) is 30.3 Å². The second kappa shape index (κ2) is 5.46. The van der Waals surface area contributed by atoms with Crippen LogP contribution in [0.3, 0.4) is 0 Å². The molecule has 2 atom stereocenters. The van der Waals surface area contributed by atoms with Crippen LogP contribution in [-0.4, -0.2) is 19.5 Å². The van der Waals surface area contributed by atoms with E-state index in [1.807, 2.05) is 13.8 Å². The third kappa shape index (κ3) is 2.63. The summed E-state index contributed by atoms with van der Waals surface area (Å²) in [4.78, 5) is 0. The highest BCUT2D eigenvalue weighted by atomic mass is 16.7. The van der Waals surface area contributed by atoms with Crippen molar-refractivity contribution in [2.24, 2.45) is 5.92 Å². The fraction of sp³-hybridized carbons (Fsp3) is 0.571. The molecule has 88 valence electrons. The lowest BCUT2D eigenvalue weighted by Gasteiger charge is -2.16. The predicted molar refractivity (Wildman–Crippen MR) is 64.3 cm³/mol. The monoisotopic (exact) mass is 220 g/mol. The lowest BCUT2D eigenvalue weighted by Crippen LogP contribution is -2.20. The Kier molecular flexibility index (Phi) is 3.97. The fourth-order valence-corrected chi connectivity index (χ4v) is 2.22. The van der Waals surface area contributed by atoms with Gasteiger partial charge in [0.2, 0.25) is 0 Å². The van der Waals surface area contributed by atoms with E-state index in [4.69, 9.17) is 9.47 Å². The van der Waals surface area contributed by atoms with Gasteiger partial charge in [0, 0.05) is 19.1 Å². The quantitative estimate of drug-likeness (QED) is 0.685. The molecular formula is C14H20O2. The Labute approximate surface area is 97.6 Å². The molecule has 2 heteroatoms. The molecule has 0 bridgehead atoms. The van der Waals surface area contributed by atoms with E-state index in [0.717, 1.165) is 13.2 Å². The van der Waals surface area contributed by atoms with Crippen LogP contribution in [0.25, 0.3) is 0 Å². The van der Waals surface area contributed by atoms with E-state index in [0.29, 0.717) is 11.8 Å². The van der Waals surface area contributed by atoms with E-state index >= 15 is 0 Å². The molecule has 1 saturated carbocycles. The van der Waals surface area contributed by atoms with E-state index in [1.54, 1.807) is 0 Å². The average molecular weight is 220 g/mol. The van der Waals surface area contributed by atoms with Crippen LogP contribution in [0.5, 0.6) is 0 Å². The van der Waals surface area contributed by atoms with Gasteiger partial charge < -0.3 is 9.47 Å². The Hall–Kier alpha value is -0.860. The van der Waals surface area contributed by atoms with Crippen molar-refractivity contribution in [2.45, 2.75) is 32.5 Å². The third-order valence-electron chi connectivity index (χ3n) is 3.08. The van der Waals surface area contributed by atoms with Gasteiger partial charge in [-0.3, -0.25) is 0 Å². The second-order valence-corrected chi connectivity index (χ2v) is 4.20. The number of hydrogen-bond acceptors (Lipinski definition) is 2. The molecule has 1 aromatic rings. The maximum absolute atomic E-state index is 5.64. The maximum atomic E-state index is 5.64. The number of rotatable bonds is 6. The van der Waals surface area contributed by atoms with Crippen LogP contribution in [-0.2, 0) is 9.47 Å². The van der Waals surface area contributed by atoms with E-state index in [-0.39, 0.29) is 6.29 Å². The van der Waals surface area contributed by atoms with E-state index in [9.17, 15) is 0 Å². The lowest BCUT2D eigenvalue weighted by molar-refractivity contribution is -0.149. The predicted octanol–water partition coefficient (Wildman–Crippen LogP) is 3.19. The zero-order chi connectivity index (χ0) is 11.4. The summed E-state index contributed by atoms with van der Waals surface area (Å²) in [6, 6.07) is 10.6. The topological polar surface area (TPSA) is 18.5 Å². The van der Waals surface area contributed by atoms with Crippen LogP contribution in [0, 0.1) is 5.92 Å². The third-order valence-corrected chi connectivity index (χ3v) is 3.08. The molecule has 0 N–H and O–H groups in total. The molecular weight excluding hydrogens is 200 g/mol. The van der Waals surface area contributed by atoms with Crippen molar-refractivity contribution in [1.82, 2.24) is 0 Å². The number of ether oxygens (including phenoxy) is 2. The maximum Gasteiger partial charge on any atom is 0.160 e. The fourth-order valence-electron chi connectivity index (χ4n) is 2.22. The normalized spacial score (nSPS) is 23.7. The van der Waals surface area contributed by atoms with E-state index in [1.165, 1.54) is 12.0 Å². The van der Waals surface area contributed by atoms with Gasteiger partial charge in [0.15, 0.2) is 6.29 Å². The van der Waals surface area contributed by atoms with Gasteiger partial charge in [-0.2, -0.15) is 0 Å². The van der Waals surface area contributed by atoms with Gasteiger partial charge in [0.1, 0.15) is 0 Å². The minimum Gasteiger partial charge on any atom is -0.353 e. The number of hydrogen-bond donors (Lipinski definition) is 0. The smallest absolute Gasteiger partial charge is 0.160 e. The molecule has 1 aliphatic rings. The van der Waals surface area contributed by atoms with Gasteiger partial charge in [0.25, 0.3) is 0 Å². The van der Waals surface area contributed by atoms with Gasteiger partial charge in [-0.05, 0) is 31.7 Å². The molecule has 16 heavy (non-hydrogen) atoms. The molecule has 1 aliphatic carbocycles. The van der Waals surface area contributed by atoms with Crippen LogP contribution < -0.4 is 0 Å². The van der Waals surface area contributed by atoms with E-state index < -0.39 is 0 Å². The minimum absolute atomic E-state index is 0.0137. The summed E-state index contributed by atoms with van der Waals surface area (Å²) in [5.41, 5.74) is 1.41. The number of benzene rings is 1. The van der Waals surface area contributed by atoms with Crippen molar-refractivity contribution >= 4 is 0 Å². The first kappa shape index (κ1) is 11.6. The standard InChI is InChI=1S/C14H20O2/c1-3-15-14(16-4-2)13-10-12(13)11-8-6-5-7-9-11/h5-9,12-14H,3-4,10H2,1-2H3/t12-,13+/m0/s1. The average Bonchev–Trinajstić information content (AvgIpc) is 3.10. The van der Waals surface area contributed by atoms with Crippen LogP contribution >= 0.6 is 0 Å². The Bertz CT molecular complexity index is 304. The molecule has 0 saturated heterocycles. The highest BCUT2D eigenvalue weighted by molar-refractivity contribution is 5.25. The van der Waals surface area contributed by atoms with Crippen molar-refractivity contribution in [3.63, 3.8) is 0 Å². The zero-order valence-electron chi connectivity index (χ0n) is 10.1. The van der Waals surface area contributed by atoms with Crippen LogP contribution in [0.4, 0.5) is 0 Å². The molecule has 0 aromatic heterocycles. The Morgan fingerprint density at radius 3 is 2.31 bits per heavy atom. The summed E-state index contributed by atoms with van der Waals surface area (Å²) >= 11 is 0. The highest BCUT2D eigenvalue weighted by Gasteiger charge is 2.44. The van der Waals surface area contributed by atoms with Crippen molar-refractivity contribution in [3.8, 4) is 0 Å². The van der Waals surface area contributed by atoms with Gasteiger partial charge >= 0.3 is 0 Å². The minimum atomic E-state index is -0.0137. The first-order valence-electron chi connectivity index (χ1n) is 6.15. The Balaban J connectivity index is 1.93. The van der Waals surface area contributed by atoms with Gasteiger partial charge in [0.05, 0.1) is 0 Å².